The van der Waals surface area contributed by atoms with Gasteiger partial charge in [-0.05, 0) is 57.7 Å². The van der Waals surface area contributed by atoms with Gasteiger partial charge in [0.2, 0.25) is 0 Å². The topological polar surface area (TPSA) is 21.3 Å². The molecule has 18 heavy (non-hydrogen) atoms. The molecular weight excluding hydrogens is 222 g/mol. The fraction of sp³-hybridized carbons (Fsp3) is 0.625. The number of ether oxygens (including phenoxy) is 1. The Morgan fingerprint density at radius 1 is 1.39 bits per heavy atom. The third-order valence-electron chi connectivity index (χ3n) is 3.54. The third kappa shape index (κ3) is 3.56. The molecule has 0 bridgehead atoms. The molecule has 2 rings (SSSR count). The van der Waals surface area contributed by atoms with Crippen LogP contribution in [0.2, 0.25) is 0 Å². The Morgan fingerprint density at radius 3 is 3.00 bits per heavy atom. The molecule has 0 fully saturated rings. The zero-order valence-electron chi connectivity index (χ0n) is 11.8. The summed E-state index contributed by atoms with van der Waals surface area (Å²) in [6.45, 7) is 8.25. The van der Waals surface area contributed by atoms with Crippen molar-refractivity contribution in [2.75, 3.05) is 13.2 Å². The number of nitrogens with one attached hydrogen (secondary N) is 1. The zero-order chi connectivity index (χ0) is 13.0. The van der Waals surface area contributed by atoms with Crippen LogP contribution in [0.3, 0.4) is 0 Å². The minimum Gasteiger partial charge on any atom is -0.379 e. The summed E-state index contributed by atoms with van der Waals surface area (Å²) in [4.78, 5) is 0. The molecule has 1 unspecified atom stereocenters. The molecule has 2 nitrogen and oxygen atoms in total. The van der Waals surface area contributed by atoms with Crippen LogP contribution in [-0.4, -0.2) is 19.3 Å². The molecule has 1 atom stereocenters. The summed E-state index contributed by atoms with van der Waals surface area (Å²) in [6.07, 6.45) is 3.90. The van der Waals surface area contributed by atoms with Crippen molar-refractivity contribution < 1.29 is 4.74 Å². The van der Waals surface area contributed by atoms with Gasteiger partial charge >= 0.3 is 0 Å². The predicted molar refractivity (Wildman–Crippen MR) is 75.9 cm³/mol. The fourth-order valence-electron chi connectivity index (χ4n) is 2.60. The van der Waals surface area contributed by atoms with E-state index in [-0.39, 0.29) is 0 Å². The molecule has 0 radical (unpaired) electrons. The molecule has 1 aliphatic carbocycles. The van der Waals surface area contributed by atoms with Gasteiger partial charge in [0, 0.05) is 12.6 Å². The lowest BCUT2D eigenvalue weighted by molar-refractivity contribution is 0.0767. The quantitative estimate of drug-likeness (QED) is 0.778. The standard InChI is InChI=1S/C16H25NO/c1-12(2)18-10-4-9-17-16-8-7-14-6-5-13(3)11-15(14)16/h5-6,11-12,16-17H,4,7-10H2,1-3H3. The fourth-order valence-corrected chi connectivity index (χ4v) is 2.60. The van der Waals surface area contributed by atoms with Crippen LogP contribution in [0, 0.1) is 6.92 Å². The molecule has 0 saturated carbocycles. The maximum atomic E-state index is 5.56. The number of hydrogen-bond acceptors (Lipinski definition) is 2. The molecule has 0 amide bonds. The molecule has 0 saturated heterocycles. The van der Waals surface area contributed by atoms with E-state index in [1.54, 1.807) is 0 Å². The van der Waals surface area contributed by atoms with Gasteiger partial charge in [-0.1, -0.05) is 23.8 Å². The van der Waals surface area contributed by atoms with Gasteiger partial charge in [-0.15, -0.1) is 0 Å². The van der Waals surface area contributed by atoms with Gasteiger partial charge in [0.1, 0.15) is 0 Å². The lowest BCUT2D eigenvalue weighted by Crippen LogP contribution is -2.22. The van der Waals surface area contributed by atoms with E-state index < -0.39 is 0 Å². The summed E-state index contributed by atoms with van der Waals surface area (Å²) < 4.78 is 5.56. The normalized spacial score (nSPS) is 18.3. The monoisotopic (exact) mass is 247 g/mol. The number of hydrogen-bond donors (Lipinski definition) is 1. The van der Waals surface area contributed by atoms with Gasteiger partial charge in [-0.25, -0.2) is 0 Å². The average molecular weight is 247 g/mol. The molecule has 100 valence electrons. The largest absolute Gasteiger partial charge is 0.379 e. The molecule has 1 aromatic rings. The number of fused-ring (bicyclic) bond motifs is 1. The van der Waals surface area contributed by atoms with Crippen LogP contribution in [-0.2, 0) is 11.2 Å². The van der Waals surface area contributed by atoms with Crippen molar-refractivity contribution in [2.24, 2.45) is 0 Å². The molecule has 0 aliphatic heterocycles. The molecule has 2 heteroatoms. The lowest BCUT2D eigenvalue weighted by atomic mass is 10.1. The van der Waals surface area contributed by atoms with E-state index in [0.717, 1.165) is 19.6 Å². The highest BCUT2D eigenvalue weighted by atomic mass is 16.5. The Morgan fingerprint density at radius 2 is 2.22 bits per heavy atom. The summed E-state index contributed by atoms with van der Waals surface area (Å²) in [5, 5.41) is 3.66. The highest BCUT2D eigenvalue weighted by Crippen LogP contribution is 2.31. The van der Waals surface area contributed by atoms with Crippen molar-refractivity contribution in [1.82, 2.24) is 5.32 Å². The van der Waals surface area contributed by atoms with Crippen LogP contribution in [0.4, 0.5) is 0 Å². The highest BCUT2D eigenvalue weighted by molar-refractivity contribution is 5.37. The van der Waals surface area contributed by atoms with Crippen LogP contribution in [0.5, 0.6) is 0 Å². The Hall–Kier alpha value is -0.860. The molecule has 1 aliphatic rings. The summed E-state index contributed by atoms with van der Waals surface area (Å²) in [5.41, 5.74) is 4.40. The van der Waals surface area contributed by atoms with Crippen molar-refractivity contribution in [2.45, 2.75) is 52.2 Å². The van der Waals surface area contributed by atoms with Crippen molar-refractivity contribution >= 4 is 0 Å². The Kier molecular flexibility index (Phi) is 4.79. The predicted octanol–water partition coefficient (Wildman–Crippen LogP) is 3.39. The first-order valence-corrected chi connectivity index (χ1v) is 7.11. The van der Waals surface area contributed by atoms with E-state index in [9.17, 15) is 0 Å². The van der Waals surface area contributed by atoms with Crippen LogP contribution in [0.1, 0.15) is 49.4 Å². The van der Waals surface area contributed by atoms with E-state index in [1.807, 2.05) is 0 Å². The zero-order valence-corrected chi connectivity index (χ0v) is 11.8. The van der Waals surface area contributed by atoms with E-state index >= 15 is 0 Å². The maximum absolute atomic E-state index is 5.56. The van der Waals surface area contributed by atoms with E-state index in [2.05, 4.69) is 44.3 Å². The van der Waals surface area contributed by atoms with Crippen LogP contribution in [0.15, 0.2) is 18.2 Å². The van der Waals surface area contributed by atoms with Crippen molar-refractivity contribution in [3.8, 4) is 0 Å². The van der Waals surface area contributed by atoms with Crippen LogP contribution in [0.25, 0.3) is 0 Å². The molecule has 0 aromatic heterocycles. The number of aryl methyl sites for hydroxylation is 2. The van der Waals surface area contributed by atoms with Gasteiger partial charge in [0.15, 0.2) is 0 Å². The molecule has 0 spiro atoms. The minimum absolute atomic E-state index is 0.347. The Labute approximate surface area is 111 Å². The van der Waals surface area contributed by atoms with E-state index in [1.165, 1.54) is 29.5 Å². The second-order valence-corrected chi connectivity index (χ2v) is 5.52. The summed E-state index contributed by atoms with van der Waals surface area (Å²) in [7, 11) is 0. The van der Waals surface area contributed by atoms with Gasteiger partial charge < -0.3 is 10.1 Å². The van der Waals surface area contributed by atoms with Gasteiger partial charge in [-0.3, -0.25) is 0 Å². The second-order valence-electron chi connectivity index (χ2n) is 5.52. The van der Waals surface area contributed by atoms with E-state index in [0.29, 0.717) is 12.1 Å². The van der Waals surface area contributed by atoms with Gasteiger partial charge in [0.25, 0.3) is 0 Å². The molecule has 1 N–H and O–H groups in total. The first-order valence-electron chi connectivity index (χ1n) is 7.11. The van der Waals surface area contributed by atoms with Crippen molar-refractivity contribution in [3.63, 3.8) is 0 Å². The highest BCUT2D eigenvalue weighted by Gasteiger charge is 2.21. The Bertz CT molecular complexity index is 387. The summed E-state index contributed by atoms with van der Waals surface area (Å²) in [5.74, 6) is 0. The number of rotatable bonds is 6. The minimum atomic E-state index is 0.347. The first kappa shape index (κ1) is 13.6. The SMILES string of the molecule is Cc1ccc2c(c1)C(NCCCOC(C)C)CC2. The van der Waals surface area contributed by atoms with Crippen molar-refractivity contribution in [1.29, 1.82) is 0 Å². The smallest absolute Gasteiger partial charge is 0.0518 e. The Balaban J connectivity index is 1.77. The second kappa shape index (κ2) is 6.35. The average Bonchev–Trinajstić information content (AvgIpc) is 2.71. The molecular formula is C16H25NO. The maximum Gasteiger partial charge on any atom is 0.0518 e. The summed E-state index contributed by atoms with van der Waals surface area (Å²) >= 11 is 0. The van der Waals surface area contributed by atoms with E-state index in [4.69, 9.17) is 4.74 Å². The van der Waals surface area contributed by atoms with Gasteiger partial charge in [-0.2, -0.15) is 0 Å². The van der Waals surface area contributed by atoms with Crippen molar-refractivity contribution in [3.05, 3.63) is 34.9 Å². The van der Waals surface area contributed by atoms with Crippen LogP contribution >= 0.6 is 0 Å². The number of benzene rings is 1. The molecule has 1 aromatic carbocycles. The van der Waals surface area contributed by atoms with Crippen LogP contribution < -0.4 is 5.32 Å². The first-order chi connectivity index (χ1) is 8.66. The lowest BCUT2D eigenvalue weighted by Gasteiger charge is -2.15. The summed E-state index contributed by atoms with van der Waals surface area (Å²) in [6, 6.07) is 7.40. The third-order valence-corrected chi connectivity index (χ3v) is 3.54. The van der Waals surface area contributed by atoms with Gasteiger partial charge in [0.05, 0.1) is 6.10 Å². The molecule has 0 heterocycles.